The van der Waals surface area contributed by atoms with Gasteiger partial charge >= 0.3 is 0 Å². The van der Waals surface area contributed by atoms with Gasteiger partial charge in [0.1, 0.15) is 28.0 Å². The molecular weight excluding hydrogens is 422 g/mol. The molecule has 3 rings (SSSR count). The molecule has 154 valence electrons. The minimum Gasteiger partial charge on any atom is -0.506 e. The summed E-state index contributed by atoms with van der Waals surface area (Å²) < 4.78 is 33.9. The molecule has 3 aromatic carbocycles. The molecule has 0 aliphatic carbocycles. The lowest BCUT2D eigenvalue weighted by Crippen LogP contribution is -1.97. The first-order valence-electron chi connectivity index (χ1n) is 7.92. The van der Waals surface area contributed by atoms with Gasteiger partial charge in [-0.3, -0.25) is 0 Å². The number of hydrogen-bond donors (Lipinski definition) is 6. The largest absolute Gasteiger partial charge is 0.506 e. The Bertz CT molecular complexity index is 1090. The highest BCUT2D eigenvalue weighted by atomic mass is 32.3. The fraction of sp³-hybridized carbons (Fsp3) is 0.0588. The summed E-state index contributed by atoms with van der Waals surface area (Å²) in [5, 5.41) is 29.2. The number of phenols is 2. The first-order chi connectivity index (χ1) is 13.7. The maximum atomic E-state index is 10.6. The molecule has 0 amide bonds. The number of nitrogens with two attached hydrogens (primary N) is 1. The van der Waals surface area contributed by atoms with Gasteiger partial charge in [0.15, 0.2) is 5.75 Å². The number of fused-ring (bicyclic) bond motifs is 1. The lowest BCUT2D eigenvalue weighted by Gasteiger charge is -2.22. The van der Waals surface area contributed by atoms with Crippen LogP contribution in [0.3, 0.4) is 0 Å². The Balaban J connectivity index is 2.13. The van der Waals surface area contributed by atoms with Crippen molar-refractivity contribution in [1.29, 1.82) is 0 Å². The van der Waals surface area contributed by atoms with Crippen molar-refractivity contribution in [2.75, 3.05) is 0 Å². The number of aromatic hydroxyl groups is 2. The van der Waals surface area contributed by atoms with Crippen molar-refractivity contribution in [3.05, 3.63) is 48.0 Å². The van der Waals surface area contributed by atoms with Crippen LogP contribution in [0.4, 0.5) is 11.4 Å². The molecular formula is C17H17N3O7S2. The van der Waals surface area contributed by atoms with Gasteiger partial charge in [-0.15, -0.1) is 19.6 Å². The number of nitrogens with zero attached hydrogens (tertiary/aromatic N) is 2. The van der Waals surface area contributed by atoms with Crippen LogP contribution >= 0.6 is 22.9 Å². The van der Waals surface area contributed by atoms with E-state index in [4.69, 9.17) is 5.90 Å². The zero-order valence-corrected chi connectivity index (χ0v) is 16.5. The SMILES string of the molecule is Cc1ccc2cc(S(O)(O)O)c(N=Nc3cc(SOON)ccc3O)c(O)c2c1. The first-order valence-corrected chi connectivity index (χ1v) is 10.2. The maximum Gasteiger partial charge on any atom is 0.152 e. The van der Waals surface area contributed by atoms with Gasteiger partial charge in [0.05, 0.1) is 16.9 Å². The molecule has 0 aromatic heterocycles. The molecule has 0 saturated heterocycles. The summed E-state index contributed by atoms with van der Waals surface area (Å²) in [4.78, 5) is 4.06. The summed E-state index contributed by atoms with van der Waals surface area (Å²) in [6, 6.07) is 10.6. The summed E-state index contributed by atoms with van der Waals surface area (Å²) in [5.74, 6) is 4.14. The van der Waals surface area contributed by atoms with Crippen LogP contribution in [0.25, 0.3) is 10.8 Å². The van der Waals surface area contributed by atoms with Crippen LogP contribution in [0.1, 0.15) is 5.56 Å². The van der Waals surface area contributed by atoms with E-state index in [0.29, 0.717) is 15.7 Å². The Morgan fingerprint density at radius 3 is 2.45 bits per heavy atom. The van der Waals surface area contributed by atoms with E-state index in [1.165, 1.54) is 24.3 Å². The van der Waals surface area contributed by atoms with Crippen LogP contribution in [-0.4, -0.2) is 23.9 Å². The molecule has 0 spiro atoms. The molecule has 0 radical (unpaired) electrons. The van der Waals surface area contributed by atoms with Gasteiger partial charge in [-0.1, -0.05) is 17.7 Å². The van der Waals surface area contributed by atoms with Crippen LogP contribution in [0.15, 0.2) is 62.5 Å². The van der Waals surface area contributed by atoms with E-state index < -0.39 is 21.5 Å². The van der Waals surface area contributed by atoms with Crippen molar-refractivity contribution in [1.82, 2.24) is 0 Å². The maximum absolute atomic E-state index is 10.6. The standard InChI is InChI=1S/C17H17N3O7S2/c1-9-2-3-10-7-15(29(23,24)25)16(17(22)12(10)6-9)20-19-13-8-11(28-27-26-18)4-5-14(13)21/h2-8,21-25H,18H2,1H3. The Labute approximate surface area is 170 Å². The minimum absolute atomic E-state index is 0.0141. The van der Waals surface area contributed by atoms with E-state index >= 15 is 0 Å². The highest BCUT2D eigenvalue weighted by Crippen LogP contribution is 2.54. The number of azo groups is 1. The third kappa shape index (κ3) is 4.77. The lowest BCUT2D eigenvalue weighted by atomic mass is 10.1. The third-order valence-electron chi connectivity index (χ3n) is 3.88. The van der Waals surface area contributed by atoms with E-state index in [1.807, 2.05) is 6.92 Å². The zero-order chi connectivity index (χ0) is 21.2. The first kappa shape index (κ1) is 21.3. The molecule has 10 nitrogen and oxygen atoms in total. The van der Waals surface area contributed by atoms with Gasteiger partial charge in [-0.25, -0.2) is 0 Å². The Kier molecular flexibility index (Phi) is 6.26. The summed E-state index contributed by atoms with van der Waals surface area (Å²) in [6.45, 7) is 1.82. The lowest BCUT2D eigenvalue weighted by molar-refractivity contribution is -0.195. The van der Waals surface area contributed by atoms with E-state index in [-0.39, 0.29) is 17.1 Å². The van der Waals surface area contributed by atoms with Crippen molar-refractivity contribution in [3.63, 3.8) is 0 Å². The molecule has 0 bridgehead atoms. The fourth-order valence-electron chi connectivity index (χ4n) is 2.56. The molecule has 3 aromatic rings. The second-order valence-electron chi connectivity index (χ2n) is 5.91. The van der Waals surface area contributed by atoms with Crippen LogP contribution in [0.2, 0.25) is 0 Å². The number of phenolic OH excluding ortho intramolecular Hbond substituents is 2. The van der Waals surface area contributed by atoms with Gasteiger partial charge in [0.25, 0.3) is 0 Å². The quantitative estimate of drug-likeness (QED) is 0.127. The van der Waals surface area contributed by atoms with Gasteiger partial charge < -0.3 is 23.9 Å². The molecule has 29 heavy (non-hydrogen) atoms. The predicted octanol–water partition coefficient (Wildman–Crippen LogP) is 5.39. The number of benzene rings is 3. The van der Waals surface area contributed by atoms with Crippen LogP contribution < -0.4 is 5.90 Å². The normalized spacial score (nSPS) is 12.7. The average Bonchev–Trinajstić information content (AvgIpc) is 2.66. The summed E-state index contributed by atoms with van der Waals surface area (Å²) in [7, 11) is -4.22. The van der Waals surface area contributed by atoms with Crippen LogP contribution in [0.5, 0.6) is 11.5 Å². The van der Waals surface area contributed by atoms with Crippen molar-refractivity contribution < 1.29 is 33.2 Å². The van der Waals surface area contributed by atoms with Crippen molar-refractivity contribution in [3.8, 4) is 11.5 Å². The van der Waals surface area contributed by atoms with Crippen molar-refractivity contribution in [2.24, 2.45) is 16.1 Å². The van der Waals surface area contributed by atoms with Gasteiger partial charge in [0, 0.05) is 10.3 Å². The van der Waals surface area contributed by atoms with E-state index in [0.717, 1.165) is 17.6 Å². The second-order valence-corrected chi connectivity index (χ2v) is 8.17. The number of hydrogen-bond acceptors (Lipinski definition) is 11. The molecule has 0 atom stereocenters. The molecule has 0 fully saturated rings. The molecule has 0 saturated carbocycles. The molecule has 0 aliphatic rings. The smallest absolute Gasteiger partial charge is 0.152 e. The minimum atomic E-state index is -4.22. The van der Waals surface area contributed by atoms with E-state index in [2.05, 4.69) is 19.6 Å². The molecule has 0 unspecified atom stereocenters. The van der Waals surface area contributed by atoms with Crippen LogP contribution in [0, 0.1) is 6.92 Å². The Morgan fingerprint density at radius 2 is 1.76 bits per heavy atom. The topological polar surface area (TPSA) is 170 Å². The zero-order valence-electron chi connectivity index (χ0n) is 14.9. The molecule has 0 heterocycles. The average molecular weight is 439 g/mol. The van der Waals surface area contributed by atoms with Gasteiger partial charge in [-0.05, 0) is 42.6 Å². The number of rotatable bonds is 6. The Hall–Kier alpha value is -2.42. The number of aryl methyl sites for hydroxylation is 1. The fourth-order valence-corrected chi connectivity index (χ4v) is 3.64. The van der Waals surface area contributed by atoms with Crippen molar-refractivity contribution >= 4 is 45.1 Å². The second kappa shape index (κ2) is 8.52. The molecule has 12 heteroatoms. The summed E-state index contributed by atoms with van der Waals surface area (Å²) in [6.07, 6.45) is 0. The molecule has 7 N–H and O–H groups in total. The van der Waals surface area contributed by atoms with Gasteiger partial charge in [-0.2, -0.15) is 5.90 Å². The van der Waals surface area contributed by atoms with E-state index in [9.17, 15) is 23.9 Å². The van der Waals surface area contributed by atoms with E-state index in [1.54, 1.807) is 18.2 Å². The highest BCUT2D eigenvalue weighted by Gasteiger charge is 2.25. The summed E-state index contributed by atoms with van der Waals surface area (Å²) >= 11 is 0.754. The molecule has 0 aliphatic heterocycles. The predicted molar refractivity (Wildman–Crippen MR) is 109 cm³/mol. The van der Waals surface area contributed by atoms with Crippen LogP contribution in [-0.2, 0) is 9.32 Å². The summed E-state index contributed by atoms with van der Waals surface area (Å²) in [5.41, 5.74) is 0.493. The third-order valence-corrected chi connectivity index (χ3v) is 5.37. The Morgan fingerprint density at radius 1 is 1.00 bits per heavy atom. The monoisotopic (exact) mass is 439 g/mol. The van der Waals surface area contributed by atoms with Gasteiger partial charge in [0.2, 0.25) is 0 Å². The van der Waals surface area contributed by atoms with Crippen molar-refractivity contribution in [2.45, 2.75) is 16.7 Å². The highest BCUT2D eigenvalue weighted by molar-refractivity contribution is 8.19.